The van der Waals surface area contributed by atoms with Crippen molar-refractivity contribution in [3.8, 4) is 0 Å². The highest BCUT2D eigenvalue weighted by Crippen LogP contribution is 2.25. The predicted molar refractivity (Wildman–Crippen MR) is 140 cm³/mol. The summed E-state index contributed by atoms with van der Waals surface area (Å²) >= 11 is 0. The van der Waals surface area contributed by atoms with Gasteiger partial charge in [-0.3, -0.25) is 13.9 Å². The Balaban J connectivity index is 1.83. The number of hydrogen-bond donors (Lipinski definition) is 2. The molecule has 2 atom stereocenters. The van der Waals surface area contributed by atoms with Crippen molar-refractivity contribution in [2.75, 3.05) is 15.9 Å². The molecule has 7 nitrogen and oxygen atoms in total. The van der Waals surface area contributed by atoms with Crippen molar-refractivity contribution in [1.82, 2.24) is 5.32 Å². The van der Waals surface area contributed by atoms with Gasteiger partial charge in [-0.2, -0.15) is 0 Å². The van der Waals surface area contributed by atoms with Crippen molar-refractivity contribution in [2.24, 2.45) is 0 Å². The third kappa shape index (κ3) is 6.27. The van der Waals surface area contributed by atoms with E-state index in [2.05, 4.69) is 10.6 Å². The quantitative estimate of drug-likeness (QED) is 0.480. The van der Waals surface area contributed by atoms with Crippen LogP contribution in [0.2, 0.25) is 0 Å². The van der Waals surface area contributed by atoms with E-state index in [1.807, 2.05) is 57.2 Å². The molecule has 0 saturated heterocycles. The molecule has 2 N–H and O–H groups in total. The van der Waals surface area contributed by atoms with E-state index >= 15 is 0 Å². The van der Waals surface area contributed by atoms with Gasteiger partial charge < -0.3 is 10.6 Å². The maximum atomic E-state index is 13.2. The van der Waals surface area contributed by atoms with Crippen molar-refractivity contribution in [3.05, 3.63) is 95.1 Å². The SMILES string of the molecule is Cc1ccc(N([C@H](C)C(=O)Nc2ccccc2C(=O)N[C@@H](C)c2ccccc2)S(C)(=O)=O)cc1C. The van der Waals surface area contributed by atoms with Crippen LogP contribution in [0.5, 0.6) is 0 Å². The average Bonchev–Trinajstić information content (AvgIpc) is 2.81. The largest absolute Gasteiger partial charge is 0.345 e. The summed E-state index contributed by atoms with van der Waals surface area (Å²) in [6.07, 6.45) is 1.07. The first-order chi connectivity index (χ1) is 16.5. The Hall–Kier alpha value is -3.65. The van der Waals surface area contributed by atoms with Crippen LogP contribution in [0.25, 0.3) is 0 Å². The highest BCUT2D eigenvalue weighted by molar-refractivity contribution is 7.92. The molecule has 0 radical (unpaired) electrons. The second kappa shape index (κ2) is 10.7. The van der Waals surface area contributed by atoms with Gasteiger partial charge in [-0.1, -0.05) is 48.5 Å². The van der Waals surface area contributed by atoms with Gasteiger partial charge in [-0.05, 0) is 68.7 Å². The first kappa shape index (κ1) is 26.0. The Morgan fingerprint density at radius 3 is 2.11 bits per heavy atom. The van der Waals surface area contributed by atoms with E-state index in [1.54, 1.807) is 36.4 Å². The number of carbonyl (C=O) groups excluding carboxylic acids is 2. The summed E-state index contributed by atoms with van der Waals surface area (Å²) < 4.78 is 26.4. The van der Waals surface area contributed by atoms with Crippen LogP contribution in [0, 0.1) is 13.8 Å². The van der Waals surface area contributed by atoms with Gasteiger partial charge >= 0.3 is 0 Å². The number of rotatable bonds is 8. The molecule has 0 fully saturated rings. The number of para-hydroxylation sites is 1. The Morgan fingerprint density at radius 1 is 0.857 bits per heavy atom. The fraction of sp³-hybridized carbons (Fsp3) is 0.259. The highest BCUT2D eigenvalue weighted by Gasteiger charge is 2.30. The number of carbonyl (C=O) groups is 2. The maximum Gasteiger partial charge on any atom is 0.253 e. The lowest BCUT2D eigenvalue weighted by atomic mass is 10.1. The van der Waals surface area contributed by atoms with Gasteiger partial charge in [-0.25, -0.2) is 8.42 Å². The molecule has 184 valence electrons. The lowest BCUT2D eigenvalue weighted by molar-refractivity contribution is -0.116. The normalized spacial score (nSPS) is 12.9. The Kier molecular flexibility index (Phi) is 7.96. The van der Waals surface area contributed by atoms with E-state index in [0.29, 0.717) is 11.4 Å². The summed E-state index contributed by atoms with van der Waals surface area (Å²) in [7, 11) is -3.76. The van der Waals surface area contributed by atoms with Gasteiger partial charge in [0, 0.05) is 0 Å². The molecule has 35 heavy (non-hydrogen) atoms. The summed E-state index contributed by atoms with van der Waals surface area (Å²) in [5.74, 6) is -0.899. The molecule has 3 rings (SSSR count). The van der Waals surface area contributed by atoms with Crippen LogP contribution in [0.1, 0.15) is 46.9 Å². The van der Waals surface area contributed by atoms with Gasteiger partial charge in [0.05, 0.1) is 29.2 Å². The molecule has 0 bridgehead atoms. The van der Waals surface area contributed by atoms with E-state index in [-0.39, 0.29) is 17.5 Å². The molecule has 2 amide bonds. The molecule has 0 aromatic heterocycles. The molecular weight excluding hydrogens is 462 g/mol. The van der Waals surface area contributed by atoms with E-state index < -0.39 is 22.0 Å². The molecule has 0 saturated carbocycles. The van der Waals surface area contributed by atoms with Gasteiger partial charge in [0.2, 0.25) is 15.9 Å². The molecule has 0 heterocycles. The number of anilines is 2. The fourth-order valence-electron chi connectivity index (χ4n) is 3.80. The molecule has 0 aliphatic carbocycles. The van der Waals surface area contributed by atoms with Crippen LogP contribution in [-0.4, -0.2) is 32.5 Å². The molecule has 3 aromatic rings. The summed E-state index contributed by atoms with van der Waals surface area (Å²) in [4.78, 5) is 26.2. The highest BCUT2D eigenvalue weighted by atomic mass is 32.2. The second-order valence-corrected chi connectivity index (χ2v) is 10.5. The summed E-state index contributed by atoms with van der Waals surface area (Å²) in [5, 5.41) is 5.69. The fourth-order valence-corrected chi connectivity index (χ4v) is 4.96. The van der Waals surface area contributed by atoms with Gasteiger partial charge in [-0.15, -0.1) is 0 Å². The number of amides is 2. The second-order valence-electron chi connectivity index (χ2n) is 8.64. The number of hydrogen-bond acceptors (Lipinski definition) is 4. The molecule has 0 aliphatic rings. The molecular formula is C27H31N3O4S. The average molecular weight is 494 g/mol. The number of sulfonamides is 1. The van der Waals surface area contributed by atoms with Crippen LogP contribution in [0.3, 0.4) is 0 Å². The smallest absolute Gasteiger partial charge is 0.253 e. The van der Waals surface area contributed by atoms with E-state index in [0.717, 1.165) is 27.3 Å². The monoisotopic (exact) mass is 493 g/mol. The van der Waals surface area contributed by atoms with Crippen LogP contribution in [0.4, 0.5) is 11.4 Å². The molecule has 0 unspecified atom stereocenters. The van der Waals surface area contributed by atoms with Gasteiger partial charge in [0.1, 0.15) is 6.04 Å². The number of nitrogens with zero attached hydrogens (tertiary/aromatic N) is 1. The zero-order valence-electron chi connectivity index (χ0n) is 20.6. The zero-order chi connectivity index (χ0) is 25.8. The van der Waals surface area contributed by atoms with E-state index in [4.69, 9.17) is 0 Å². The third-order valence-corrected chi connectivity index (χ3v) is 7.15. The lowest BCUT2D eigenvalue weighted by Gasteiger charge is -2.29. The summed E-state index contributed by atoms with van der Waals surface area (Å²) in [6.45, 7) is 7.21. The van der Waals surface area contributed by atoms with Crippen LogP contribution >= 0.6 is 0 Å². The van der Waals surface area contributed by atoms with Crippen molar-refractivity contribution >= 4 is 33.2 Å². The summed E-state index contributed by atoms with van der Waals surface area (Å²) in [5.41, 5.74) is 3.87. The van der Waals surface area contributed by atoms with Crippen molar-refractivity contribution in [1.29, 1.82) is 0 Å². The molecule has 0 spiro atoms. The topological polar surface area (TPSA) is 95.6 Å². The standard InChI is InChI=1S/C27H31N3O4S/c1-18-15-16-23(17-19(18)2)30(35(5,33)34)21(4)26(31)29-25-14-10-9-13-24(25)27(32)28-20(3)22-11-7-6-8-12-22/h6-17,20-21H,1-5H3,(H,28,32)(H,29,31)/t20-,21+/m0/s1. The minimum atomic E-state index is -3.76. The Morgan fingerprint density at radius 2 is 1.49 bits per heavy atom. The van der Waals surface area contributed by atoms with Gasteiger partial charge in [0.25, 0.3) is 5.91 Å². The number of aryl methyl sites for hydroxylation is 2. The van der Waals surface area contributed by atoms with Gasteiger partial charge in [0.15, 0.2) is 0 Å². The van der Waals surface area contributed by atoms with Crippen LogP contribution < -0.4 is 14.9 Å². The Labute approximate surface area is 207 Å². The maximum absolute atomic E-state index is 13.2. The summed E-state index contributed by atoms with van der Waals surface area (Å²) in [6, 6.07) is 20.2. The first-order valence-corrected chi connectivity index (χ1v) is 13.2. The van der Waals surface area contributed by atoms with Crippen LogP contribution in [0.15, 0.2) is 72.8 Å². The molecule has 8 heteroatoms. The van der Waals surface area contributed by atoms with Crippen LogP contribution in [-0.2, 0) is 14.8 Å². The van der Waals surface area contributed by atoms with Crippen molar-refractivity contribution in [2.45, 2.75) is 39.8 Å². The Bertz CT molecular complexity index is 1320. The minimum Gasteiger partial charge on any atom is -0.345 e. The predicted octanol–water partition coefficient (Wildman–Crippen LogP) is 4.59. The number of benzene rings is 3. The van der Waals surface area contributed by atoms with E-state index in [1.165, 1.54) is 6.92 Å². The lowest BCUT2D eigenvalue weighted by Crippen LogP contribution is -2.45. The number of nitrogens with one attached hydrogen (secondary N) is 2. The van der Waals surface area contributed by atoms with Crippen molar-refractivity contribution in [3.63, 3.8) is 0 Å². The zero-order valence-corrected chi connectivity index (χ0v) is 21.4. The van der Waals surface area contributed by atoms with E-state index in [9.17, 15) is 18.0 Å². The molecule has 3 aromatic carbocycles. The third-order valence-electron chi connectivity index (χ3n) is 5.91. The minimum absolute atomic E-state index is 0.239. The van der Waals surface area contributed by atoms with Crippen molar-refractivity contribution < 1.29 is 18.0 Å². The first-order valence-electron chi connectivity index (χ1n) is 11.3. The molecule has 0 aliphatic heterocycles.